The number of rotatable bonds is 8. The van der Waals surface area contributed by atoms with E-state index >= 15 is 0 Å². The van der Waals surface area contributed by atoms with Gasteiger partial charge in [-0.1, -0.05) is 30.3 Å². The molecule has 0 bridgehead atoms. The standard InChI is InChI=1S/C17H27NO2/c19-13-8-17-6-10-18(11-7-17)12-15-20-14-9-16-4-2-1-3-5-16/h1-5,17,19H,6-15H2. The van der Waals surface area contributed by atoms with Gasteiger partial charge in [0, 0.05) is 13.2 Å². The van der Waals surface area contributed by atoms with Gasteiger partial charge in [-0.05, 0) is 50.3 Å². The highest BCUT2D eigenvalue weighted by Gasteiger charge is 2.18. The van der Waals surface area contributed by atoms with Crippen LogP contribution in [0.25, 0.3) is 0 Å². The molecule has 0 unspecified atom stereocenters. The summed E-state index contributed by atoms with van der Waals surface area (Å²) in [5, 5.41) is 8.95. The fourth-order valence-corrected chi connectivity index (χ4v) is 2.81. The van der Waals surface area contributed by atoms with Crippen LogP contribution in [0.1, 0.15) is 24.8 Å². The molecule has 0 atom stereocenters. The van der Waals surface area contributed by atoms with Crippen LogP contribution in [0.15, 0.2) is 30.3 Å². The van der Waals surface area contributed by atoms with Crippen molar-refractivity contribution in [3.05, 3.63) is 35.9 Å². The first-order valence-corrected chi connectivity index (χ1v) is 7.83. The molecule has 0 spiro atoms. The summed E-state index contributed by atoms with van der Waals surface area (Å²) in [5.41, 5.74) is 1.34. The van der Waals surface area contributed by atoms with Crippen molar-refractivity contribution in [2.24, 2.45) is 5.92 Å². The highest BCUT2D eigenvalue weighted by molar-refractivity contribution is 5.14. The van der Waals surface area contributed by atoms with Crippen molar-refractivity contribution in [1.29, 1.82) is 0 Å². The molecule has 1 aromatic rings. The van der Waals surface area contributed by atoms with Crippen molar-refractivity contribution in [1.82, 2.24) is 4.90 Å². The number of hydrogen-bond acceptors (Lipinski definition) is 3. The number of aliphatic hydroxyl groups is 1. The summed E-state index contributed by atoms with van der Waals surface area (Å²) < 4.78 is 5.73. The smallest absolute Gasteiger partial charge is 0.0593 e. The zero-order valence-electron chi connectivity index (χ0n) is 12.3. The molecule has 1 saturated heterocycles. The van der Waals surface area contributed by atoms with E-state index < -0.39 is 0 Å². The average Bonchev–Trinajstić information content (AvgIpc) is 2.50. The first kappa shape index (κ1) is 15.5. The first-order valence-electron chi connectivity index (χ1n) is 7.83. The van der Waals surface area contributed by atoms with Gasteiger partial charge in [-0.3, -0.25) is 0 Å². The number of aliphatic hydroxyl groups excluding tert-OH is 1. The molecule has 0 amide bonds. The predicted octanol–water partition coefficient (Wildman–Crippen LogP) is 2.34. The predicted molar refractivity (Wildman–Crippen MR) is 81.8 cm³/mol. The van der Waals surface area contributed by atoms with Gasteiger partial charge in [-0.15, -0.1) is 0 Å². The molecule has 0 radical (unpaired) electrons. The van der Waals surface area contributed by atoms with Gasteiger partial charge in [0.2, 0.25) is 0 Å². The molecule has 0 aliphatic carbocycles. The third-order valence-corrected chi connectivity index (χ3v) is 4.17. The van der Waals surface area contributed by atoms with Crippen LogP contribution in [0.5, 0.6) is 0 Å². The summed E-state index contributed by atoms with van der Waals surface area (Å²) in [6, 6.07) is 10.5. The van der Waals surface area contributed by atoms with Crippen LogP contribution >= 0.6 is 0 Å². The Kier molecular flexibility index (Phi) is 7.06. The Balaban J connectivity index is 1.50. The number of hydrogen-bond donors (Lipinski definition) is 1. The second-order valence-corrected chi connectivity index (χ2v) is 5.65. The van der Waals surface area contributed by atoms with Crippen LogP contribution in [0.3, 0.4) is 0 Å². The molecule has 3 nitrogen and oxygen atoms in total. The van der Waals surface area contributed by atoms with E-state index in [9.17, 15) is 0 Å². The fourth-order valence-electron chi connectivity index (χ4n) is 2.81. The molecule has 1 aliphatic rings. The van der Waals surface area contributed by atoms with Crippen molar-refractivity contribution in [3.8, 4) is 0 Å². The largest absolute Gasteiger partial charge is 0.396 e. The monoisotopic (exact) mass is 277 g/mol. The molecular weight excluding hydrogens is 250 g/mol. The van der Waals surface area contributed by atoms with Crippen molar-refractivity contribution in [2.75, 3.05) is 39.5 Å². The van der Waals surface area contributed by atoms with Crippen LogP contribution in [0, 0.1) is 5.92 Å². The summed E-state index contributed by atoms with van der Waals surface area (Å²) >= 11 is 0. The zero-order valence-corrected chi connectivity index (χ0v) is 12.3. The maximum Gasteiger partial charge on any atom is 0.0593 e. The van der Waals surface area contributed by atoms with E-state index in [0.29, 0.717) is 6.61 Å². The van der Waals surface area contributed by atoms with Crippen LogP contribution in [-0.2, 0) is 11.2 Å². The Labute approximate surface area is 122 Å². The van der Waals surface area contributed by atoms with Gasteiger partial charge in [-0.2, -0.15) is 0 Å². The summed E-state index contributed by atoms with van der Waals surface area (Å²) in [5.74, 6) is 0.732. The van der Waals surface area contributed by atoms with Gasteiger partial charge in [-0.25, -0.2) is 0 Å². The molecule has 1 aromatic carbocycles. The summed E-state index contributed by atoms with van der Waals surface area (Å²) in [7, 11) is 0. The van der Waals surface area contributed by atoms with Crippen molar-refractivity contribution in [3.63, 3.8) is 0 Å². The molecule has 3 heteroatoms. The van der Waals surface area contributed by atoms with Gasteiger partial charge >= 0.3 is 0 Å². The fraction of sp³-hybridized carbons (Fsp3) is 0.647. The number of likely N-dealkylation sites (tertiary alicyclic amines) is 1. The van der Waals surface area contributed by atoms with Gasteiger partial charge < -0.3 is 14.7 Å². The van der Waals surface area contributed by atoms with E-state index in [-0.39, 0.29) is 0 Å². The molecule has 1 aliphatic heterocycles. The van der Waals surface area contributed by atoms with E-state index in [1.807, 2.05) is 6.07 Å². The Morgan fingerprint density at radius 1 is 1.10 bits per heavy atom. The Hall–Kier alpha value is -0.900. The van der Waals surface area contributed by atoms with Gasteiger partial charge in [0.1, 0.15) is 0 Å². The molecule has 112 valence electrons. The van der Waals surface area contributed by atoms with E-state index in [2.05, 4.69) is 29.2 Å². The quantitative estimate of drug-likeness (QED) is 0.740. The molecule has 1 fully saturated rings. The molecular formula is C17H27NO2. The van der Waals surface area contributed by atoms with Gasteiger partial charge in [0.15, 0.2) is 0 Å². The van der Waals surface area contributed by atoms with E-state index in [4.69, 9.17) is 9.84 Å². The lowest BCUT2D eigenvalue weighted by Gasteiger charge is -2.31. The van der Waals surface area contributed by atoms with Gasteiger partial charge in [0.25, 0.3) is 0 Å². The molecule has 20 heavy (non-hydrogen) atoms. The van der Waals surface area contributed by atoms with Crippen molar-refractivity contribution < 1.29 is 9.84 Å². The lowest BCUT2D eigenvalue weighted by molar-refractivity contribution is 0.0864. The first-order chi connectivity index (χ1) is 9.88. The zero-order chi connectivity index (χ0) is 14.0. The SMILES string of the molecule is OCCC1CCN(CCOCCc2ccccc2)CC1. The number of piperidine rings is 1. The van der Waals surface area contributed by atoms with Crippen molar-refractivity contribution >= 4 is 0 Å². The topological polar surface area (TPSA) is 32.7 Å². The summed E-state index contributed by atoms with van der Waals surface area (Å²) in [4.78, 5) is 2.48. The third kappa shape index (κ3) is 5.61. The molecule has 1 N–H and O–H groups in total. The maximum absolute atomic E-state index is 8.95. The average molecular weight is 277 g/mol. The molecule has 2 rings (SSSR count). The van der Waals surface area contributed by atoms with E-state index in [1.54, 1.807) is 0 Å². The molecule has 1 heterocycles. The van der Waals surface area contributed by atoms with Crippen LogP contribution < -0.4 is 0 Å². The number of nitrogens with zero attached hydrogens (tertiary/aromatic N) is 1. The number of ether oxygens (including phenoxy) is 1. The number of benzene rings is 1. The lowest BCUT2D eigenvalue weighted by atomic mass is 9.94. The van der Waals surface area contributed by atoms with E-state index in [1.165, 1.54) is 18.4 Å². The van der Waals surface area contributed by atoms with Crippen LogP contribution in [0.4, 0.5) is 0 Å². The molecule has 0 aromatic heterocycles. The third-order valence-electron chi connectivity index (χ3n) is 4.17. The van der Waals surface area contributed by atoms with Crippen molar-refractivity contribution in [2.45, 2.75) is 25.7 Å². The van der Waals surface area contributed by atoms with Crippen LogP contribution in [0.2, 0.25) is 0 Å². The molecule has 0 saturated carbocycles. The minimum absolute atomic E-state index is 0.341. The Bertz CT molecular complexity index is 347. The Morgan fingerprint density at radius 2 is 1.85 bits per heavy atom. The van der Waals surface area contributed by atoms with Crippen LogP contribution in [-0.4, -0.2) is 49.5 Å². The van der Waals surface area contributed by atoms with Gasteiger partial charge in [0.05, 0.1) is 13.2 Å². The minimum Gasteiger partial charge on any atom is -0.396 e. The highest BCUT2D eigenvalue weighted by atomic mass is 16.5. The lowest BCUT2D eigenvalue weighted by Crippen LogP contribution is -2.36. The highest BCUT2D eigenvalue weighted by Crippen LogP contribution is 2.19. The van der Waals surface area contributed by atoms with E-state index in [0.717, 1.165) is 51.6 Å². The second kappa shape index (κ2) is 9.11. The second-order valence-electron chi connectivity index (χ2n) is 5.65. The maximum atomic E-state index is 8.95. The Morgan fingerprint density at radius 3 is 2.55 bits per heavy atom. The normalized spacial score (nSPS) is 17.4. The summed E-state index contributed by atoms with van der Waals surface area (Å²) in [6.07, 6.45) is 4.43. The summed E-state index contributed by atoms with van der Waals surface area (Å²) in [6.45, 7) is 5.34. The minimum atomic E-state index is 0.341.